The Balaban J connectivity index is 0.00000298. The summed E-state index contributed by atoms with van der Waals surface area (Å²) in [6, 6.07) is 15.4. The van der Waals surface area contributed by atoms with Crippen molar-refractivity contribution in [2.75, 3.05) is 26.3 Å². The highest BCUT2D eigenvalue weighted by atomic mass is 32.2. The van der Waals surface area contributed by atoms with E-state index in [4.69, 9.17) is 9.53 Å². The highest BCUT2D eigenvalue weighted by Crippen LogP contribution is 2.23. The summed E-state index contributed by atoms with van der Waals surface area (Å²) in [5.74, 6) is 0.544. The second-order valence-corrected chi connectivity index (χ2v) is 10.5. The molecule has 0 aliphatic heterocycles. The molecule has 8 nitrogen and oxygen atoms in total. The molecule has 0 radical (unpaired) electrons. The van der Waals surface area contributed by atoms with Crippen LogP contribution in [0.5, 0.6) is 5.75 Å². The highest BCUT2D eigenvalue weighted by Gasteiger charge is 2.31. The SMILES string of the molecule is C=O.Cc1ccc(S(=O)(=O)N(CC(C)C)[C@H](CO)CCCCNC(=O)COc2ccccc2)cc1. The lowest BCUT2D eigenvalue weighted by Gasteiger charge is -2.31. The number of amides is 1. The minimum absolute atomic E-state index is 0.0553. The van der Waals surface area contributed by atoms with Crippen LogP contribution >= 0.6 is 0 Å². The first-order chi connectivity index (χ1) is 16.7. The zero-order valence-corrected chi connectivity index (χ0v) is 21.7. The number of rotatable bonds is 14. The lowest BCUT2D eigenvalue weighted by atomic mass is 10.1. The van der Waals surface area contributed by atoms with Crippen molar-refractivity contribution in [1.82, 2.24) is 9.62 Å². The summed E-state index contributed by atoms with van der Waals surface area (Å²) in [4.78, 5) is 20.2. The third-order valence-corrected chi connectivity index (χ3v) is 7.12. The van der Waals surface area contributed by atoms with Gasteiger partial charge in [-0.25, -0.2) is 8.42 Å². The first-order valence-electron chi connectivity index (χ1n) is 11.7. The number of nitrogens with zero attached hydrogens (tertiary/aromatic N) is 1. The molecule has 0 spiro atoms. The van der Waals surface area contributed by atoms with Gasteiger partial charge in [-0.15, -0.1) is 0 Å². The van der Waals surface area contributed by atoms with Crippen molar-refractivity contribution in [1.29, 1.82) is 0 Å². The maximum Gasteiger partial charge on any atom is 0.257 e. The molecule has 0 aromatic heterocycles. The summed E-state index contributed by atoms with van der Waals surface area (Å²) in [7, 11) is -3.73. The van der Waals surface area contributed by atoms with Gasteiger partial charge in [0.2, 0.25) is 10.0 Å². The largest absolute Gasteiger partial charge is 0.484 e. The van der Waals surface area contributed by atoms with Crippen LogP contribution in [-0.2, 0) is 19.6 Å². The quantitative estimate of drug-likeness (QED) is 0.381. The summed E-state index contributed by atoms with van der Waals surface area (Å²) < 4.78 is 33.4. The highest BCUT2D eigenvalue weighted by molar-refractivity contribution is 7.89. The Hall–Kier alpha value is -2.75. The predicted molar refractivity (Wildman–Crippen MR) is 137 cm³/mol. The Kier molecular flexibility index (Phi) is 13.9. The summed E-state index contributed by atoms with van der Waals surface area (Å²) in [5.41, 5.74) is 0.985. The minimum Gasteiger partial charge on any atom is -0.484 e. The van der Waals surface area contributed by atoms with E-state index in [0.29, 0.717) is 38.1 Å². The van der Waals surface area contributed by atoms with Crippen LogP contribution in [-0.4, -0.2) is 62.9 Å². The van der Waals surface area contributed by atoms with E-state index in [1.54, 1.807) is 36.4 Å². The van der Waals surface area contributed by atoms with Gasteiger partial charge in [0.15, 0.2) is 6.61 Å². The van der Waals surface area contributed by atoms with E-state index < -0.39 is 16.1 Å². The first-order valence-corrected chi connectivity index (χ1v) is 13.1. The van der Waals surface area contributed by atoms with Gasteiger partial charge < -0.3 is 20.0 Å². The van der Waals surface area contributed by atoms with E-state index in [1.165, 1.54) is 4.31 Å². The van der Waals surface area contributed by atoms with Crippen molar-refractivity contribution in [3.63, 3.8) is 0 Å². The Morgan fingerprint density at radius 2 is 1.69 bits per heavy atom. The number of unbranched alkanes of at least 4 members (excludes halogenated alkanes) is 1. The monoisotopic (exact) mass is 506 g/mol. The molecule has 9 heteroatoms. The Bertz CT molecular complexity index is 965. The smallest absolute Gasteiger partial charge is 0.257 e. The number of sulfonamides is 1. The Morgan fingerprint density at radius 3 is 2.26 bits per heavy atom. The number of aliphatic hydroxyl groups is 1. The minimum atomic E-state index is -3.73. The van der Waals surface area contributed by atoms with Crippen molar-refractivity contribution >= 4 is 22.7 Å². The lowest BCUT2D eigenvalue weighted by molar-refractivity contribution is -0.123. The second kappa shape index (κ2) is 16.0. The standard InChI is InChI=1S/C25H36N2O5S.CH2O/c1-20(2)17-27(33(30,31)24-14-12-21(3)13-15-24)22(18-28)9-7-8-16-26-25(29)19-32-23-10-5-4-6-11-23;1-2/h4-6,10-15,20,22,28H,7-9,16-19H2,1-3H3,(H,26,29);1H2/t22-;/m0./s1. The fourth-order valence-electron chi connectivity index (χ4n) is 3.42. The van der Waals surface area contributed by atoms with Gasteiger partial charge >= 0.3 is 0 Å². The zero-order valence-electron chi connectivity index (χ0n) is 20.9. The van der Waals surface area contributed by atoms with Gasteiger partial charge in [-0.1, -0.05) is 56.2 Å². The van der Waals surface area contributed by atoms with Gasteiger partial charge in [-0.05, 0) is 49.9 Å². The normalized spacial score (nSPS) is 12.1. The lowest BCUT2D eigenvalue weighted by Crippen LogP contribution is -2.44. The molecule has 0 aliphatic carbocycles. The summed E-state index contributed by atoms with van der Waals surface area (Å²) >= 11 is 0. The maximum atomic E-state index is 13.3. The molecule has 2 aromatic rings. The number of carbonyl (C=O) groups excluding carboxylic acids is 2. The van der Waals surface area contributed by atoms with Crippen molar-refractivity contribution < 1.29 is 27.9 Å². The predicted octanol–water partition coefficient (Wildman–Crippen LogP) is 3.18. The molecule has 35 heavy (non-hydrogen) atoms. The topological polar surface area (TPSA) is 113 Å². The van der Waals surface area contributed by atoms with E-state index in [-0.39, 0.29) is 29.9 Å². The first kappa shape index (κ1) is 30.3. The van der Waals surface area contributed by atoms with Crippen LogP contribution < -0.4 is 10.1 Å². The fourth-order valence-corrected chi connectivity index (χ4v) is 5.23. The number of aryl methyl sites for hydroxylation is 1. The van der Waals surface area contributed by atoms with Crippen LogP contribution in [0.25, 0.3) is 0 Å². The van der Waals surface area contributed by atoms with Gasteiger partial charge in [0.25, 0.3) is 5.91 Å². The van der Waals surface area contributed by atoms with E-state index in [2.05, 4.69) is 5.32 Å². The molecule has 1 amide bonds. The summed E-state index contributed by atoms with van der Waals surface area (Å²) in [5, 5.41) is 12.8. The van der Waals surface area contributed by atoms with Crippen LogP contribution in [0.3, 0.4) is 0 Å². The van der Waals surface area contributed by atoms with Crippen LogP contribution in [0.1, 0.15) is 38.7 Å². The average Bonchev–Trinajstić information content (AvgIpc) is 2.86. The zero-order chi connectivity index (χ0) is 26.3. The Morgan fingerprint density at radius 1 is 1.06 bits per heavy atom. The van der Waals surface area contributed by atoms with Gasteiger partial charge in [0, 0.05) is 19.1 Å². The van der Waals surface area contributed by atoms with E-state index in [0.717, 1.165) is 5.56 Å². The number of nitrogens with one attached hydrogen (secondary N) is 1. The second-order valence-electron chi connectivity index (χ2n) is 8.57. The molecule has 0 unspecified atom stereocenters. The van der Waals surface area contributed by atoms with E-state index >= 15 is 0 Å². The number of hydrogen-bond donors (Lipinski definition) is 2. The number of para-hydroxylation sites is 1. The summed E-state index contributed by atoms with van der Waals surface area (Å²) in [6.07, 6.45) is 1.85. The summed E-state index contributed by atoms with van der Waals surface area (Å²) in [6.45, 7) is 8.30. The van der Waals surface area contributed by atoms with Crippen molar-refractivity contribution in [2.45, 2.75) is 51.0 Å². The fraction of sp³-hybridized carbons (Fsp3) is 0.462. The van der Waals surface area contributed by atoms with E-state index in [9.17, 15) is 18.3 Å². The number of carbonyl (C=O) groups is 2. The van der Waals surface area contributed by atoms with Gasteiger partial charge in [0.1, 0.15) is 12.5 Å². The molecule has 2 aromatic carbocycles. The van der Waals surface area contributed by atoms with Crippen LogP contribution in [0, 0.1) is 12.8 Å². The van der Waals surface area contributed by atoms with E-state index in [1.807, 2.05) is 45.8 Å². The van der Waals surface area contributed by atoms with Crippen molar-refractivity contribution in [3.05, 3.63) is 60.2 Å². The number of ether oxygens (including phenoxy) is 1. The molecular formula is C26H38N2O6S. The van der Waals surface area contributed by atoms with Crippen LogP contribution in [0.4, 0.5) is 0 Å². The average molecular weight is 507 g/mol. The molecule has 1 atom stereocenters. The van der Waals surface area contributed by atoms with Gasteiger partial charge in [0.05, 0.1) is 11.5 Å². The van der Waals surface area contributed by atoms with Gasteiger partial charge in [-0.2, -0.15) is 4.31 Å². The molecule has 0 saturated heterocycles. The van der Waals surface area contributed by atoms with Gasteiger partial charge in [-0.3, -0.25) is 4.79 Å². The molecular weight excluding hydrogens is 468 g/mol. The van der Waals surface area contributed by atoms with Crippen molar-refractivity contribution in [2.24, 2.45) is 5.92 Å². The Labute approximate surface area is 209 Å². The molecule has 2 N–H and O–H groups in total. The molecule has 0 aliphatic rings. The van der Waals surface area contributed by atoms with Crippen molar-refractivity contribution in [3.8, 4) is 5.75 Å². The number of hydrogen-bond acceptors (Lipinski definition) is 6. The maximum absolute atomic E-state index is 13.3. The van der Waals surface area contributed by atoms with Crippen LogP contribution in [0.15, 0.2) is 59.5 Å². The molecule has 0 bridgehead atoms. The molecule has 2 rings (SSSR count). The number of aliphatic hydroxyl groups excluding tert-OH is 1. The number of benzene rings is 2. The third kappa shape index (κ3) is 10.6. The van der Waals surface area contributed by atoms with Crippen LogP contribution in [0.2, 0.25) is 0 Å². The molecule has 0 fully saturated rings. The molecule has 0 saturated carbocycles. The molecule has 0 heterocycles. The third-order valence-electron chi connectivity index (χ3n) is 5.19. The molecule has 194 valence electrons.